The van der Waals surface area contributed by atoms with Gasteiger partial charge in [-0.05, 0) is 43.9 Å². The van der Waals surface area contributed by atoms with Crippen molar-refractivity contribution in [2.24, 2.45) is 17.1 Å². The number of halogens is 1. The van der Waals surface area contributed by atoms with Crippen LogP contribution in [0.4, 0.5) is 9.59 Å². The summed E-state index contributed by atoms with van der Waals surface area (Å²) in [5.74, 6) is -2.91. The lowest BCUT2D eigenvalue weighted by molar-refractivity contribution is -0.156. The van der Waals surface area contributed by atoms with Gasteiger partial charge < -0.3 is 40.6 Å². The number of hydrogen-bond donors (Lipinski definition) is 5. The molecule has 2 rings (SSSR count). The summed E-state index contributed by atoms with van der Waals surface area (Å²) < 4.78 is 44.6. The van der Waals surface area contributed by atoms with Crippen LogP contribution in [0.1, 0.15) is 53.5 Å². The number of esters is 1. The van der Waals surface area contributed by atoms with Crippen LogP contribution in [0.15, 0.2) is 24.3 Å². The van der Waals surface area contributed by atoms with Gasteiger partial charge in [-0.3, -0.25) is 14.1 Å². The van der Waals surface area contributed by atoms with Crippen LogP contribution in [-0.4, -0.2) is 96.9 Å². The largest absolute Gasteiger partial charge is 0.511 e. The lowest BCUT2D eigenvalue weighted by Crippen LogP contribution is -2.61. The van der Waals surface area contributed by atoms with Gasteiger partial charge in [0, 0.05) is 23.5 Å². The monoisotopic (exact) mass is 678 g/mol. The number of rotatable bonds is 12. The summed E-state index contributed by atoms with van der Waals surface area (Å²) in [7, 11) is -4.52. The molecule has 0 radical (unpaired) electrons. The number of benzene rings is 1. The van der Waals surface area contributed by atoms with Gasteiger partial charge in [0.15, 0.2) is 0 Å². The van der Waals surface area contributed by atoms with Crippen LogP contribution >= 0.6 is 11.6 Å². The van der Waals surface area contributed by atoms with Crippen LogP contribution < -0.4 is 16.4 Å². The highest BCUT2D eigenvalue weighted by atomic mass is 35.5. The Morgan fingerprint density at radius 2 is 1.73 bits per heavy atom. The molecule has 17 heteroatoms. The van der Waals surface area contributed by atoms with Gasteiger partial charge in [-0.25, -0.2) is 9.59 Å². The molecule has 0 spiro atoms. The number of amides is 3. The van der Waals surface area contributed by atoms with Crippen molar-refractivity contribution in [3.05, 3.63) is 34.9 Å². The number of carbonyl (C=O) groups is 4. The number of ether oxygens (including phenoxy) is 3. The van der Waals surface area contributed by atoms with Crippen molar-refractivity contribution in [1.82, 2.24) is 15.5 Å². The van der Waals surface area contributed by atoms with Gasteiger partial charge in [0.25, 0.3) is 10.1 Å². The fraction of sp³-hybridized carbons (Fsp3) is 0.643. The molecular formula is C28H43ClN4O11S. The quantitative estimate of drug-likeness (QED) is 0.121. The Hall–Kier alpha value is -3.18. The Kier molecular flexibility index (Phi) is 12.6. The number of carbonyl (C=O) groups excluding carboxylic acids is 4. The Morgan fingerprint density at radius 1 is 1.13 bits per heavy atom. The molecule has 1 aliphatic rings. The third-order valence-electron chi connectivity index (χ3n) is 7.41. The van der Waals surface area contributed by atoms with E-state index in [0.29, 0.717) is 10.6 Å². The van der Waals surface area contributed by atoms with E-state index < -0.39 is 69.5 Å². The number of nitrogens with two attached hydrogens (primary N) is 1. The summed E-state index contributed by atoms with van der Waals surface area (Å²) in [6.07, 6.45) is -0.984. The Labute approximate surface area is 267 Å². The van der Waals surface area contributed by atoms with Gasteiger partial charge in [-0.2, -0.15) is 8.42 Å². The lowest BCUT2D eigenvalue weighted by Gasteiger charge is -2.51. The Balaban J connectivity index is 1.90. The van der Waals surface area contributed by atoms with E-state index in [0.717, 1.165) is 0 Å². The van der Waals surface area contributed by atoms with Crippen LogP contribution in [0.3, 0.4) is 0 Å². The van der Waals surface area contributed by atoms with Crippen molar-refractivity contribution in [3.63, 3.8) is 0 Å². The summed E-state index contributed by atoms with van der Waals surface area (Å²) in [6.45, 7) is 9.61. The topological polar surface area (TPSA) is 224 Å². The van der Waals surface area contributed by atoms with Crippen molar-refractivity contribution >= 4 is 45.8 Å². The second-order valence-corrected chi connectivity index (χ2v) is 14.4. The molecule has 45 heavy (non-hydrogen) atoms. The van der Waals surface area contributed by atoms with Crippen LogP contribution in [0.25, 0.3) is 0 Å². The first-order valence-electron chi connectivity index (χ1n) is 14.1. The van der Waals surface area contributed by atoms with E-state index >= 15 is 0 Å². The van der Waals surface area contributed by atoms with E-state index in [4.69, 9.17) is 26.6 Å². The van der Waals surface area contributed by atoms with E-state index in [9.17, 15) is 32.7 Å². The van der Waals surface area contributed by atoms with Crippen molar-refractivity contribution in [2.75, 3.05) is 32.2 Å². The molecule has 3 atom stereocenters. The van der Waals surface area contributed by atoms with E-state index in [2.05, 4.69) is 20.1 Å². The van der Waals surface area contributed by atoms with Gasteiger partial charge in [-0.1, -0.05) is 51.4 Å². The van der Waals surface area contributed by atoms with Crippen molar-refractivity contribution < 1.29 is 51.5 Å². The molecule has 15 nitrogen and oxygen atoms in total. The maximum atomic E-state index is 13.6. The van der Waals surface area contributed by atoms with E-state index in [1.807, 2.05) is 13.8 Å². The molecule has 254 valence electrons. The molecule has 0 aliphatic carbocycles. The highest BCUT2D eigenvalue weighted by Gasteiger charge is 2.50. The highest BCUT2D eigenvalue weighted by molar-refractivity contribution is 7.85. The first-order chi connectivity index (χ1) is 20.6. The predicted molar refractivity (Wildman–Crippen MR) is 162 cm³/mol. The van der Waals surface area contributed by atoms with Crippen LogP contribution in [-0.2, 0) is 39.5 Å². The average Bonchev–Trinajstić information content (AvgIpc) is 2.90. The number of likely N-dealkylation sites (tertiary alicyclic amines) is 1. The van der Waals surface area contributed by atoms with E-state index in [1.165, 1.54) is 13.8 Å². The molecule has 0 bridgehead atoms. The fourth-order valence-corrected chi connectivity index (χ4v) is 5.51. The third kappa shape index (κ3) is 11.0. The van der Waals surface area contributed by atoms with Gasteiger partial charge in [0.1, 0.15) is 23.4 Å². The minimum absolute atomic E-state index is 0.198. The SMILES string of the molecule is CC(C)C(NC(=O)NCC(C)(C)OC(=O)OCOC(=O)C(N)CS(=O)(=O)O)C(=O)N1CCC(O)(c2ccc(Cl)cc2)C(C)(C)C1. The molecule has 0 aromatic heterocycles. The molecule has 0 saturated carbocycles. The Morgan fingerprint density at radius 3 is 2.27 bits per heavy atom. The first-order valence-corrected chi connectivity index (χ1v) is 16.1. The van der Waals surface area contributed by atoms with Gasteiger partial charge in [-0.15, -0.1) is 0 Å². The van der Waals surface area contributed by atoms with E-state index in [1.54, 1.807) is 43.0 Å². The number of nitrogens with one attached hydrogen (secondary N) is 2. The number of nitrogens with zero attached hydrogens (tertiary/aromatic N) is 1. The molecule has 1 heterocycles. The smallest absolute Gasteiger partial charge is 0.427 e. The molecule has 6 N–H and O–H groups in total. The number of urea groups is 1. The molecule has 1 aromatic rings. The number of aliphatic hydroxyl groups is 1. The molecule has 1 fully saturated rings. The first kappa shape index (κ1) is 38.0. The Bertz CT molecular complexity index is 1340. The normalized spacial score (nSPS) is 19.7. The van der Waals surface area contributed by atoms with Crippen molar-refractivity contribution in [1.29, 1.82) is 0 Å². The number of piperidine rings is 1. The van der Waals surface area contributed by atoms with Crippen LogP contribution in [0, 0.1) is 11.3 Å². The van der Waals surface area contributed by atoms with Crippen molar-refractivity contribution in [2.45, 2.75) is 71.2 Å². The molecule has 3 amide bonds. The zero-order valence-corrected chi connectivity index (χ0v) is 27.7. The van der Waals surface area contributed by atoms with Crippen LogP contribution in [0.2, 0.25) is 5.02 Å². The van der Waals surface area contributed by atoms with Gasteiger partial charge >= 0.3 is 18.2 Å². The summed E-state index contributed by atoms with van der Waals surface area (Å²) in [6, 6.07) is 3.69. The fourth-order valence-electron chi connectivity index (χ4n) is 4.80. The van der Waals surface area contributed by atoms with Gasteiger partial charge in [0.05, 0.1) is 12.1 Å². The second-order valence-electron chi connectivity index (χ2n) is 12.5. The zero-order chi connectivity index (χ0) is 34.4. The third-order valence-corrected chi connectivity index (χ3v) is 8.44. The minimum Gasteiger partial charge on any atom is -0.427 e. The van der Waals surface area contributed by atoms with Gasteiger partial charge in [0.2, 0.25) is 12.7 Å². The zero-order valence-electron chi connectivity index (χ0n) is 26.2. The molecular weight excluding hydrogens is 636 g/mol. The molecule has 1 aromatic carbocycles. The average molecular weight is 679 g/mol. The minimum atomic E-state index is -4.52. The highest BCUT2D eigenvalue weighted by Crippen LogP contribution is 2.46. The standard InChI is InChI=1S/C28H43ClN4O11S/c1-17(2)21(22(34)33-12-11-28(38,26(3,4)15-33)18-7-9-19(29)10-8-18)32-24(36)31-14-27(5,6)44-25(37)43-16-42-23(35)20(30)13-45(39,40)41/h7-10,17,20-21,38H,11-16,30H2,1-6H3,(H2,31,32,36)(H,39,40,41). The van der Waals surface area contributed by atoms with Crippen LogP contribution in [0.5, 0.6) is 0 Å². The summed E-state index contributed by atoms with van der Waals surface area (Å²) in [5, 5.41) is 17.4. The second kappa shape index (κ2) is 14.9. The lowest BCUT2D eigenvalue weighted by atomic mass is 9.66. The summed E-state index contributed by atoms with van der Waals surface area (Å²) in [5.41, 5.74) is 2.76. The maximum absolute atomic E-state index is 13.6. The summed E-state index contributed by atoms with van der Waals surface area (Å²) in [4.78, 5) is 51.6. The predicted octanol–water partition coefficient (Wildman–Crippen LogP) is 1.76. The van der Waals surface area contributed by atoms with Crippen molar-refractivity contribution in [3.8, 4) is 0 Å². The number of hydrogen-bond acceptors (Lipinski definition) is 11. The summed E-state index contributed by atoms with van der Waals surface area (Å²) >= 11 is 6.02. The molecule has 3 unspecified atom stereocenters. The van der Waals surface area contributed by atoms with E-state index in [-0.39, 0.29) is 37.9 Å². The maximum Gasteiger partial charge on any atom is 0.511 e. The molecule has 1 aliphatic heterocycles. The molecule has 1 saturated heterocycles.